The van der Waals surface area contributed by atoms with Gasteiger partial charge in [0.2, 0.25) is 11.8 Å². The molecule has 1 heterocycles. The van der Waals surface area contributed by atoms with E-state index in [9.17, 15) is 14.7 Å². The van der Waals surface area contributed by atoms with Crippen molar-refractivity contribution >= 4 is 11.8 Å². The third kappa shape index (κ3) is 6.64. The van der Waals surface area contributed by atoms with Crippen LogP contribution in [0.15, 0.2) is 12.1 Å². The maximum Gasteiger partial charge on any atom is 0.242 e. The van der Waals surface area contributed by atoms with Gasteiger partial charge in [-0.05, 0) is 81.9 Å². The van der Waals surface area contributed by atoms with Crippen molar-refractivity contribution in [2.24, 2.45) is 0 Å². The summed E-state index contributed by atoms with van der Waals surface area (Å²) in [4.78, 5) is 29.6. The summed E-state index contributed by atoms with van der Waals surface area (Å²) in [5, 5.41) is 18.2. The van der Waals surface area contributed by atoms with Crippen LogP contribution in [0.25, 0.3) is 0 Å². The van der Waals surface area contributed by atoms with Crippen molar-refractivity contribution in [1.29, 1.82) is 0 Å². The van der Waals surface area contributed by atoms with Crippen LogP contribution in [0.2, 0.25) is 0 Å². The Kier molecular flexibility index (Phi) is 8.13. The molecule has 1 saturated carbocycles. The molecular weight excluding hydrogens is 486 g/mol. The Labute approximate surface area is 237 Å². The highest BCUT2D eigenvalue weighted by atomic mass is 16.3. The number of hydrogen-bond donors (Lipinski definition) is 3. The molecule has 1 aliphatic heterocycles. The predicted octanol–water partition coefficient (Wildman–Crippen LogP) is 6.07. The molecule has 2 amide bonds. The maximum atomic E-state index is 14.4. The molecule has 0 radical (unpaired) electrons. The van der Waals surface area contributed by atoms with Crippen molar-refractivity contribution < 1.29 is 14.7 Å². The summed E-state index contributed by atoms with van der Waals surface area (Å²) in [5.74, 6) is 0.423. The predicted molar refractivity (Wildman–Crippen MR) is 160 cm³/mol. The van der Waals surface area contributed by atoms with Gasteiger partial charge in [-0.25, -0.2) is 0 Å². The molecule has 0 spiro atoms. The number of aromatic hydroxyl groups is 1. The molecule has 1 saturated heterocycles. The lowest BCUT2D eigenvalue weighted by Crippen LogP contribution is -2.71. The summed E-state index contributed by atoms with van der Waals surface area (Å²) >= 11 is 0. The number of nitrogens with one attached hydrogen (secondary N) is 2. The lowest BCUT2D eigenvalue weighted by atomic mass is 9.66. The third-order valence-electron chi connectivity index (χ3n) is 8.52. The highest BCUT2D eigenvalue weighted by molar-refractivity contribution is 5.90. The number of nitrogens with zero attached hydrogens (tertiary/aromatic N) is 1. The summed E-state index contributed by atoms with van der Waals surface area (Å²) in [5.41, 5.74) is 0.0693. The van der Waals surface area contributed by atoms with Crippen LogP contribution in [0.1, 0.15) is 132 Å². The Morgan fingerprint density at radius 1 is 0.923 bits per heavy atom. The highest BCUT2D eigenvalue weighted by Crippen LogP contribution is 2.46. The Morgan fingerprint density at radius 3 is 1.87 bits per heavy atom. The quantitative estimate of drug-likeness (QED) is 0.422. The molecular formula is C33H55N3O3. The van der Waals surface area contributed by atoms with E-state index in [1.165, 1.54) is 0 Å². The molecule has 1 aliphatic carbocycles. The fourth-order valence-corrected chi connectivity index (χ4v) is 6.81. The van der Waals surface area contributed by atoms with Crippen molar-refractivity contribution in [2.45, 2.75) is 148 Å². The summed E-state index contributed by atoms with van der Waals surface area (Å²) < 4.78 is 0. The topological polar surface area (TPSA) is 81.7 Å². The van der Waals surface area contributed by atoms with Crippen LogP contribution in [0, 0.1) is 0 Å². The largest absolute Gasteiger partial charge is 0.507 e. The van der Waals surface area contributed by atoms with Gasteiger partial charge < -0.3 is 15.3 Å². The Bertz CT molecular complexity index is 1060. The van der Waals surface area contributed by atoms with Gasteiger partial charge in [0.25, 0.3) is 0 Å². The monoisotopic (exact) mass is 541 g/mol. The second-order valence-electron chi connectivity index (χ2n) is 16.2. The number of carbonyl (C=O) groups is 2. The summed E-state index contributed by atoms with van der Waals surface area (Å²) in [6.45, 7) is 25.8. The minimum atomic E-state index is -0.671. The van der Waals surface area contributed by atoms with Crippen molar-refractivity contribution in [2.75, 3.05) is 13.1 Å². The number of rotatable bonds is 5. The van der Waals surface area contributed by atoms with E-state index in [4.69, 9.17) is 0 Å². The molecule has 2 fully saturated rings. The number of carbonyl (C=O) groups excluding carboxylic acids is 2. The second-order valence-corrected chi connectivity index (χ2v) is 16.2. The van der Waals surface area contributed by atoms with Crippen molar-refractivity contribution in [3.8, 4) is 5.75 Å². The Hall–Kier alpha value is -2.08. The van der Waals surface area contributed by atoms with Gasteiger partial charge in [0.15, 0.2) is 0 Å². The van der Waals surface area contributed by atoms with E-state index in [-0.39, 0.29) is 28.2 Å². The number of hydrogen-bond acceptors (Lipinski definition) is 4. The van der Waals surface area contributed by atoms with Gasteiger partial charge in [-0.15, -0.1) is 0 Å². The zero-order valence-corrected chi connectivity index (χ0v) is 26.8. The van der Waals surface area contributed by atoms with E-state index in [1.807, 2.05) is 32.6 Å². The SMILES string of the molecule is CC(C)(CN1CC(C)(C)NC(C)(C)C1=O)NC(=O)C1(c2cc(C(C)(C)C)c(O)c(C(C)(C)C)c2)CCCCC1. The van der Waals surface area contributed by atoms with E-state index in [0.717, 1.165) is 48.8 Å². The van der Waals surface area contributed by atoms with Crippen molar-refractivity contribution in [3.05, 3.63) is 28.8 Å². The van der Waals surface area contributed by atoms with Crippen LogP contribution in [-0.2, 0) is 25.8 Å². The standard InChI is InChI=1S/C33H55N3O3/c1-28(2,3)23-18-22(19-24(25(23)37)29(4,5)6)33(16-14-13-15-17-33)26(38)34-30(7,8)20-36-21-31(9,10)35-32(11,12)27(36)39/h18-19,35,37H,13-17,20-21H2,1-12H3,(H,34,38). The molecule has 220 valence electrons. The van der Waals surface area contributed by atoms with Crippen LogP contribution in [-0.4, -0.2) is 51.5 Å². The lowest BCUT2D eigenvalue weighted by Gasteiger charge is -2.49. The van der Waals surface area contributed by atoms with Gasteiger partial charge in [0, 0.05) is 18.6 Å². The third-order valence-corrected chi connectivity index (χ3v) is 8.52. The number of amides is 2. The first kappa shape index (κ1) is 31.4. The Balaban J connectivity index is 2.02. The molecule has 3 rings (SSSR count). The van der Waals surface area contributed by atoms with Gasteiger partial charge in [0.1, 0.15) is 5.75 Å². The first-order chi connectivity index (χ1) is 17.5. The molecule has 3 N–H and O–H groups in total. The van der Waals surface area contributed by atoms with Gasteiger partial charge in [0.05, 0.1) is 16.5 Å². The van der Waals surface area contributed by atoms with Crippen LogP contribution in [0.4, 0.5) is 0 Å². The molecule has 0 atom stereocenters. The molecule has 6 heteroatoms. The summed E-state index contributed by atoms with van der Waals surface area (Å²) in [6.07, 6.45) is 4.65. The summed E-state index contributed by atoms with van der Waals surface area (Å²) in [7, 11) is 0. The first-order valence-electron chi connectivity index (χ1n) is 14.8. The normalized spacial score (nSPS) is 21.5. The van der Waals surface area contributed by atoms with Crippen LogP contribution in [0.5, 0.6) is 5.75 Å². The fraction of sp³-hybridized carbons (Fsp3) is 0.758. The average molecular weight is 542 g/mol. The molecule has 0 bridgehead atoms. The minimum Gasteiger partial charge on any atom is -0.507 e. The zero-order chi connectivity index (χ0) is 29.8. The minimum absolute atomic E-state index is 0.0266. The van der Waals surface area contributed by atoms with Crippen LogP contribution >= 0.6 is 0 Å². The Morgan fingerprint density at radius 2 is 1.41 bits per heavy atom. The molecule has 1 aromatic rings. The van der Waals surface area contributed by atoms with E-state index in [2.05, 4.69) is 78.2 Å². The van der Waals surface area contributed by atoms with Gasteiger partial charge >= 0.3 is 0 Å². The van der Waals surface area contributed by atoms with Crippen LogP contribution in [0.3, 0.4) is 0 Å². The van der Waals surface area contributed by atoms with Gasteiger partial charge in [-0.1, -0.05) is 72.9 Å². The van der Waals surface area contributed by atoms with E-state index >= 15 is 0 Å². The number of phenols is 1. The van der Waals surface area contributed by atoms with E-state index < -0.39 is 16.5 Å². The highest BCUT2D eigenvalue weighted by Gasteiger charge is 2.47. The summed E-state index contributed by atoms with van der Waals surface area (Å²) in [6, 6.07) is 4.18. The van der Waals surface area contributed by atoms with Gasteiger partial charge in [-0.3, -0.25) is 14.9 Å². The molecule has 2 aliphatic rings. The zero-order valence-electron chi connectivity index (χ0n) is 26.8. The molecule has 0 unspecified atom stereocenters. The average Bonchev–Trinajstić information content (AvgIpc) is 2.74. The molecule has 0 aromatic heterocycles. The lowest BCUT2D eigenvalue weighted by molar-refractivity contribution is -0.145. The van der Waals surface area contributed by atoms with Crippen molar-refractivity contribution in [3.63, 3.8) is 0 Å². The van der Waals surface area contributed by atoms with Crippen molar-refractivity contribution in [1.82, 2.24) is 15.5 Å². The first-order valence-corrected chi connectivity index (χ1v) is 14.8. The second kappa shape index (κ2) is 10.1. The molecule has 39 heavy (non-hydrogen) atoms. The smallest absolute Gasteiger partial charge is 0.242 e. The maximum absolute atomic E-state index is 14.4. The molecule has 6 nitrogen and oxygen atoms in total. The number of benzene rings is 1. The van der Waals surface area contributed by atoms with Crippen LogP contribution < -0.4 is 10.6 Å². The molecule has 1 aromatic carbocycles. The van der Waals surface area contributed by atoms with E-state index in [0.29, 0.717) is 18.8 Å². The van der Waals surface area contributed by atoms with Gasteiger partial charge in [-0.2, -0.15) is 0 Å². The number of piperazine rings is 1. The van der Waals surface area contributed by atoms with E-state index in [1.54, 1.807) is 0 Å². The fourth-order valence-electron chi connectivity index (χ4n) is 6.81. The number of phenolic OH excluding ortho intramolecular Hbond substituents is 1.